The van der Waals surface area contributed by atoms with Gasteiger partial charge in [0.15, 0.2) is 5.82 Å². The minimum Gasteiger partial charge on any atom is -0.381 e. The number of halogens is 1. The second-order valence-corrected chi connectivity index (χ2v) is 4.34. The first-order valence-electron chi connectivity index (χ1n) is 5.32. The van der Waals surface area contributed by atoms with Crippen LogP contribution in [-0.2, 0) is 0 Å². The fraction of sp³-hybridized carbons (Fsp3) is 0.167. The van der Waals surface area contributed by atoms with Crippen molar-refractivity contribution in [2.45, 2.75) is 0 Å². The maximum Gasteiger partial charge on any atom is 0.160 e. The summed E-state index contributed by atoms with van der Waals surface area (Å²) in [6.45, 7) is 1.31. The minimum absolute atomic E-state index is 0.589. The van der Waals surface area contributed by atoms with E-state index in [1.54, 1.807) is 12.4 Å². The lowest BCUT2D eigenvalue weighted by atomic mass is 10.2. The molecule has 4 nitrogen and oxygen atoms in total. The molecule has 0 aliphatic rings. The Morgan fingerprint density at radius 3 is 2.53 bits per heavy atom. The van der Waals surface area contributed by atoms with Gasteiger partial charge in [0, 0.05) is 23.1 Å². The first kappa shape index (κ1) is 12.0. The van der Waals surface area contributed by atoms with E-state index in [1.807, 2.05) is 24.3 Å². The van der Waals surface area contributed by atoms with Gasteiger partial charge in [-0.15, -0.1) is 0 Å². The fourth-order valence-corrected chi connectivity index (χ4v) is 1.88. The van der Waals surface area contributed by atoms with Crippen LogP contribution in [0, 0.1) is 0 Å². The van der Waals surface area contributed by atoms with Crippen LogP contribution in [-0.4, -0.2) is 23.1 Å². The van der Waals surface area contributed by atoms with Gasteiger partial charge in [0.05, 0.1) is 18.1 Å². The Labute approximate surface area is 108 Å². The maximum atomic E-state index is 5.41. The van der Waals surface area contributed by atoms with Crippen LogP contribution in [0.2, 0.25) is 0 Å². The number of rotatable bonds is 4. The second-order valence-electron chi connectivity index (χ2n) is 3.49. The van der Waals surface area contributed by atoms with Crippen molar-refractivity contribution >= 4 is 21.6 Å². The monoisotopic (exact) mass is 292 g/mol. The van der Waals surface area contributed by atoms with Crippen molar-refractivity contribution in [3.05, 3.63) is 41.1 Å². The summed E-state index contributed by atoms with van der Waals surface area (Å²) >= 11 is 3.48. The number of nitrogens with two attached hydrogens (primary N) is 1. The zero-order chi connectivity index (χ0) is 12.1. The highest BCUT2D eigenvalue weighted by atomic mass is 79.9. The number of nitrogens with one attached hydrogen (secondary N) is 1. The van der Waals surface area contributed by atoms with Gasteiger partial charge >= 0.3 is 0 Å². The van der Waals surface area contributed by atoms with Gasteiger partial charge in [-0.2, -0.15) is 0 Å². The standard InChI is InChI=1S/C12H13BrN4/c13-11-4-2-1-3-10(11)12-16-7-9(8-17-12)15-6-5-14/h1-4,7-8,15H,5-6,14H2. The molecule has 0 saturated carbocycles. The molecule has 1 heterocycles. The van der Waals surface area contributed by atoms with Crippen LogP contribution in [0.4, 0.5) is 5.69 Å². The lowest BCUT2D eigenvalue weighted by molar-refractivity contribution is 1.02. The van der Waals surface area contributed by atoms with Gasteiger partial charge in [-0.3, -0.25) is 0 Å². The molecule has 0 saturated heterocycles. The second kappa shape index (κ2) is 5.75. The highest BCUT2D eigenvalue weighted by molar-refractivity contribution is 9.10. The molecule has 1 aromatic heterocycles. The first-order valence-corrected chi connectivity index (χ1v) is 6.11. The van der Waals surface area contributed by atoms with E-state index < -0.39 is 0 Å². The van der Waals surface area contributed by atoms with Gasteiger partial charge in [-0.05, 0) is 6.07 Å². The lowest BCUT2D eigenvalue weighted by Gasteiger charge is -2.05. The highest BCUT2D eigenvalue weighted by Crippen LogP contribution is 2.24. The summed E-state index contributed by atoms with van der Waals surface area (Å²) in [5.41, 5.74) is 7.27. The topological polar surface area (TPSA) is 63.8 Å². The molecule has 0 amide bonds. The average Bonchev–Trinajstić information content (AvgIpc) is 2.38. The van der Waals surface area contributed by atoms with Crippen LogP contribution in [0.1, 0.15) is 0 Å². The van der Waals surface area contributed by atoms with Crippen molar-refractivity contribution in [3.63, 3.8) is 0 Å². The lowest BCUT2D eigenvalue weighted by Crippen LogP contribution is -2.13. The quantitative estimate of drug-likeness (QED) is 0.907. The molecule has 2 rings (SSSR count). The Morgan fingerprint density at radius 2 is 1.88 bits per heavy atom. The molecule has 0 aliphatic heterocycles. The van der Waals surface area contributed by atoms with Crippen LogP contribution in [0.3, 0.4) is 0 Å². The zero-order valence-corrected chi connectivity index (χ0v) is 10.8. The number of nitrogens with zero attached hydrogens (tertiary/aromatic N) is 2. The number of benzene rings is 1. The van der Waals surface area contributed by atoms with Crippen molar-refractivity contribution in [1.29, 1.82) is 0 Å². The number of hydrogen-bond acceptors (Lipinski definition) is 4. The predicted molar refractivity (Wildman–Crippen MR) is 72.7 cm³/mol. The SMILES string of the molecule is NCCNc1cnc(-c2ccccc2Br)nc1. The molecular formula is C12H13BrN4. The highest BCUT2D eigenvalue weighted by Gasteiger charge is 2.04. The maximum absolute atomic E-state index is 5.41. The minimum atomic E-state index is 0.589. The van der Waals surface area contributed by atoms with Crippen LogP contribution in [0.15, 0.2) is 41.1 Å². The van der Waals surface area contributed by atoms with E-state index in [-0.39, 0.29) is 0 Å². The van der Waals surface area contributed by atoms with Crippen molar-refractivity contribution in [1.82, 2.24) is 9.97 Å². The van der Waals surface area contributed by atoms with E-state index >= 15 is 0 Å². The van der Waals surface area contributed by atoms with Crippen LogP contribution >= 0.6 is 15.9 Å². The summed E-state index contributed by atoms with van der Waals surface area (Å²) in [4.78, 5) is 8.64. The van der Waals surface area contributed by atoms with E-state index in [4.69, 9.17) is 5.73 Å². The molecule has 1 aromatic carbocycles. The Morgan fingerprint density at radius 1 is 1.18 bits per heavy atom. The Hall–Kier alpha value is -1.46. The molecule has 0 spiro atoms. The van der Waals surface area contributed by atoms with Gasteiger partial charge < -0.3 is 11.1 Å². The van der Waals surface area contributed by atoms with Crippen molar-refractivity contribution in [2.75, 3.05) is 18.4 Å². The van der Waals surface area contributed by atoms with Crippen molar-refractivity contribution in [3.8, 4) is 11.4 Å². The van der Waals surface area contributed by atoms with E-state index in [9.17, 15) is 0 Å². The molecule has 0 unspecified atom stereocenters. The Balaban J connectivity index is 2.21. The van der Waals surface area contributed by atoms with Gasteiger partial charge in [0.2, 0.25) is 0 Å². The molecule has 0 atom stereocenters. The molecule has 3 N–H and O–H groups in total. The molecule has 0 bridgehead atoms. The molecular weight excluding hydrogens is 280 g/mol. The predicted octanol–water partition coefficient (Wildman–Crippen LogP) is 2.28. The van der Waals surface area contributed by atoms with Crippen LogP contribution in [0.25, 0.3) is 11.4 Å². The van der Waals surface area contributed by atoms with E-state index in [0.29, 0.717) is 12.4 Å². The zero-order valence-electron chi connectivity index (χ0n) is 9.23. The number of hydrogen-bond donors (Lipinski definition) is 2. The first-order chi connectivity index (χ1) is 8.31. The summed E-state index contributed by atoms with van der Waals surface area (Å²) in [5, 5.41) is 3.13. The Kier molecular flexibility index (Phi) is 4.06. The van der Waals surface area contributed by atoms with Crippen molar-refractivity contribution in [2.24, 2.45) is 5.73 Å². The summed E-state index contributed by atoms with van der Waals surface area (Å²) in [5.74, 6) is 0.704. The smallest absolute Gasteiger partial charge is 0.160 e. The molecule has 88 valence electrons. The third-order valence-electron chi connectivity index (χ3n) is 2.24. The van der Waals surface area contributed by atoms with Gasteiger partial charge in [0.1, 0.15) is 0 Å². The molecule has 0 radical (unpaired) electrons. The van der Waals surface area contributed by atoms with Crippen LogP contribution in [0.5, 0.6) is 0 Å². The van der Waals surface area contributed by atoms with Gasteiger partial charge in [0.25, 0.3) is 0 Å². The summed E-state index contributed by atoms with van der Waals surface area (Å²) in [6, 6.07) is 7.88. The third-order valence-corrected chi connectivity index (χ3v) is 2.93. The fourth-order valence-electron chi connectivity index (χ4n) is 1.42. The number of aromatic nitrogens is 2. The van der Waals surface area contributed by atoms with E-state index in [1.165, 1.54) is 0 Å². The third kappa shape index (κ3) is 3.01. The molecule has 5 heteroatoms. The largest absolute Gasteiger partial charge is 0.381 e. The average molecular weight is 293 g/mol. The van der Waals surface area contributed by atoms with E-state index in [2.05, 4.69) is 31.2 Å². The molecule has 17 heavy (non-hydrogen) atoms. The van der Waals surface area contributed by atoms with Crippen molar-refractivity contribution < 1.29 is 0 Å². The number of anilines is 1. The summed E-state index contributed by atoms with van der Waals surface area (Å²) in [6.07, 6.45) is 3.52. The van der Waals surface area contributed by atoms with Gasteiger partial charge in [-0.25, -0.2) is 9.97 Å². The molecule has 0 fully saturated rings. The van der Waals surface area contributed by atoms with E-state index in [0.717, 1.165) is 22.3 Å². The normalized spacial score (nSPS) is 10.2. The van der Waals surface area contributed by atoms with Gasteiger partial charge in [-0.1, -0.05) is 34.1 Å². The summed E-state index contributed by atoms with van der Waals surface area (Å²) in [7, 11) is 0. The summed E-state index contributed by atoms with van der Waals surface area (Å²) < 4.78 is 0.989. The molecule has 2 aromatic rings. The Bertz CT molecular complexity index is 484. The van der Waals surface area contributed by atoms with Crippen LogP contribution < -0.4 is 11.1 Å². The molecule has 0 aliphatic carbocycles.